The Morgan fingerprint density at radius 1 is 0.867 bits per heavy atom. The molecule has 0 saturated carbocycles. The minimum atomic E-state index is -0.741. The van der Waals surface area contributed by atoms with Crippen molar-refractivity contribution in [1.29, 1.82) is 0 Å². The third-order valence-electron chi connectivity index (χ3n) is 3.83. The van der Waals surface area contributed by atoms with Crippen molar-refractivity contribution < 1.29 is 30.0 Å². The summed E-state index contributed by atoms with van der Waals surface area (Å²) < 4.78 is 0. The summed E-state index contributed by atoms with van der Waals surface area (Å²) in [5.74, 6) is -2.08. The van der Waals surface area contributed by atoms with E-state index in [1.807, 2.05) is 12.1 Å². The molecule has 0 fully saturated rings. The quantitative estimate of drug-likeness (QED) is 0.333. The molecule has 0 unspecified atom stereocenters. The standard InChI is InChI=1S/C14H17NO2.2C4H8O2.ClH/c1-2-15-6-5-10-3-4-11-8-13(16)14(17)9-12(11)7-10;2*1-3(2)4(5)6;/h3-4,7-9,15-17H,2,5-6H2,1H3;2*3H,1-2H3,(H,5,6);1H. The average Bonchev–Trinajstić information content (AvgIpc) is 2.64. The van der Waals surface area contributed by atoms with Crippen molar-refractivity contribution in [3.63, 3.8) is 0 Å². The largest absolute Gasteiger partial charge is 0.504 e. The molecule has 5 N–H and O–H groups in total. The number of aliphatic carboxylic acids is 2. The van der Waals surface area contributed by atoms with E-state index in [1.54, 1.807) is 39.8 Å². The predicted molar refractivity (Wildman–Crippen MR) is 122 cm³/mol. The molecule has 0 bridgehead atoms. The fourth-order valence-corrected chi connectivity index (χ4v) is 1.89. The van der Waals surface area contributed by atoms with Gasteiger partial charge < -0.3 is 25.7 Å². The van der Waals surface area contributed by atoms with Crippen LogP contribution in [0, 0.1) is 11.8 Å². The zero-order valence-electron chi connectivity index (χ0n) is 18.2. The van der Waals surface area contributed by atoms with E-state index in [0.29, 0.717) is 0 Å². The second-order valence-electron chi connectivity index (χ2n) is 7.11. The summed E-state index contributed by atoms with van der Waals surface area (Å²) in [5, 5.41) is 40.0. The van der Waals surface area contributed by atoms with Crippen LogP contribution >= 0.6 is 12.4 Å². The van der Waals surface area contributed by atoms with Crippen LogP contribution in [0.25, 0.3) is 10.8 Å². The Kier molecular flexibility index (Phi) is 15.2. The van der Waals surface area contributed by atoms with Crippen molar-refractivity contribution in [1.82, 2.24) is 5.32 Å². The summed E-state index contributed by atoms with van der Waals surface area (Å²) in [4.78, 5) is 19.4. The second-order valence-corrected chi connectivity index (χ2v) is 7.11. The molecule has 0 amide bonds. The molecule has 0 aliphatic rings. The summed E-state index contributed by atoms with van der Waals surface area (Å²) in [6, 6.07) is 9.25. The monoisotopic (exact) mass is 443 g/mol. The number of carboxylic acids is 2. The van der Waals surface area contributed by atoms with Crippen LogP contribution in [0.15, 0.2) is 30.3 Å². The highest BCUT2D eigenvalue weighted by Crippen LogP contribution is 2.30. The number of nitrogens with one attached hydrogen (secondary N) is 1. The van der Waals surface area contributed by atoms with Crippen molar-refractivity contribution >= 4 is 35.1 Å². The van der Waals surface area contributed by atoms with Gasteiger partial charge in [-0.15, -0.1) is 12.4 Å². The Morgan fingerprint density at radius 2 is 1.30 bits per heavy atom. The van der Waals surface area contributed by atoms with Crippen molar-refractivity contribution in [2.45, 2.75) is 41.0 Å². The molecule has 2 aromatic rings. The number of hydrogen-bond donors (Lipinski definition) is 5. The molecule has 0 atom stereocenters. The van der Waals surface area contributed by atoms with E-state index in [9.17, 15) is 19.8 Å². The number of phenolic OH excluding ortho intramolecular Hbond substituents is 2. The number of carboxylic acid groups (broad SMARTS) is 2. The van der Waals surface area contributed by atoms with Crippen LogP contribution in [0.1, 0.15) is 40.2 Å². The Bertz CT molecular complexity index is 775. The number of likely N-dealkylation sites (N-methyl/N-ethyl adjacent to an activating group) is 1. The van der Waals surface area contributed by atoms with Gasteiger partial charge in [0.1, 0.15) is 0 Å². The Morgan fingerprint density at radius 3 is 1.70 bits per heavy atom. The molecule has 0 saturated heterocycles. The molecule has 0 aliphatic heterocycles. The molecule has 0 aliphatic carbocycles. The number of halogens is 1. The third kappa shape index (κ3) is 12.1. The summed E-state index contributed by atoms with van der Waals surface area (Å²) in [6.45, 7) is 10.6. The topological polar surface area (TPSA) is 127 Å². The van der Waals surface area contributed by atoms with Gasteiger partial charge in [-0.1, -0.05) is 52.8 Å². The summed E-state index contributed by atoms with van der Waals surface area (Å²) in [5.41, 5.74) is 1.23. The lowest BCUT2D eigenvalue weighted by Crippen LogP contribution is -2.15. The molecule has 170 valence electrons. The number of benzene rings is 2. The summed E-state index contributed by atoms with van der Waals surface area (Å²) >= 11 is 0. The lowest BCUT2D eigenvalue weighted by atomic mass is 10.0. The highest BCUT2D eigenvalue weighted by atomic mass is 35.5. The maximum absolute atomic E-state index is 9.70. The highest BCUT2D eigenvalue weighted by molar-refractivity contribution is 5.86. The molecule has 2 rings (SSSR count). The first-order chi connectivity index (χ1) is 13.5. The van der Waals surface area contributed by atoms with E-state index >= 15 is 0 Å². The first kappa shape index (κ1) is 29.7. The lowest BCUT2D eigenvalue weighted by molar-refractivity contribution is -0.141. The zero-order chi connectivity index (χ0) is 22.6. The van der Waals surface area contributed by atoms with Gasteiger partial charge in [-0.2, -0.15) is 0 Å². The van der Waals surface area contributed by atoms with E-state index in [2.05, 4.69) is 18.3 Å². The van der Waals surface area contributed by atoms with Crippen LogP contribution in [0.4, 0.5) is 0 Å². The van der Waals surface area contributed by atoms with E-state index in [4.69, 9.17) is 10.2 Å². The van der Waals surface area contributed by atoms with E-state index in [1.165, 1.54) is 5.56 Å². The average molecular weight is 444 g/mol. The van der Waals surface area contributed by atoms with Crippen molar-refractivity contribution in [2.75, 3.05) is 13.1 Å². The van der Waals surface area contributed by atoms with Crippen LogP contribution in [-0.2, 0) is 16.0 Å². The number of aromatic hydroxyl groups is 2. The van der Waals surface area contributed by atoms with Gasteiger partial charge in [-0.3, -0.25) is 9.59 Å². The molecule has 8 heteroatoms. The van der Waals surface area contributed by atoms with E-state index < -0.39 is 11.9 Å². The normalized spacial score (nSPS) is 9.83. The number of fused-ring (bicyclic) bond motifs is 1. The van der Waals surface area contributed by atoms with Gasteiger partial charge in [0.05, 0.1) is 11.8 Å². The van der Waals surface area contributed by atoms with Gasteiger partial charge in [0.25, 0.3) is 0 Å². The molecule has 30 heavy (non-hydrogen) atoms. The van der Waals surface area contributed by atoms with Crippen LogP contribution < -0.4 is 5.32 Å². The first-order valence-electron chi connectivity index (χ1n) is 9.60. The molecular weight excluding hydrogens is 410 g/mol. The summed E-state index contributed by atoms with van der Waals surface area (Å²) in [6.07, 6.45) is 0.964. The fraction of sp³-hybridized carbons (Fsp3) is 0.455. The van der Waals surface area contributed by atoms with Crippen LogP contribution in [0.3, 0.4) is 0 Å². The van der Waals surface area contributed by atoms with Gasteiger partial charge in [-0.25, -0.2) is 0 Å². The molecule has 7 nitrogen and oxygen atoms in total. The summed E-state index contributed by atoms with van der Waals surface area (Å²) in [7, 11) is 0. The van der Waals surface area contributed by atoms with Gasteiger partial charge in [-0.05, 0) is 48.0 Å². The predicted octanol–water partition coefficient (Wildman–Crippen LogP) is 4.28. The smallest absolute Gasteiger partial charge is 0.305 e. The van der Waals surface area contributed by atoms with Gasteiger partial charge in [0.15, 0.2) is 11.5 Å². The third-order valence-corrected chi connectivity index (χ3v) is 3.83. The van der Waals surface area contributed by atoms with E-state index in [0.717, 1.165) is 30.3 Å². The van der Waals surface area contributed by atoms with Gasteiger partial charge in [0.2, 0.25) is 0 Å². The Hall–Kier alpha value is -2.51. The van der Waals surface area contributed by atoms with Crippen molar-refractivity contribution in [3.8, 4) is 11.5 Å². The molecule has 0 heterocycles. The Labute approximate surface area is 184 Å². The number of phenols is 2. The molecule has 0 spiro atoms. The number of rotatable bonds is 6. The van der Waals surface area contributed by atoms with Crippen LogP contribution in [0.5, 0.6) is 11.5 Å². The zero-order valence-corrected chi connectivity index (χ0v) is 19.0. The van der Waals surface area contributed by atoms with Gasteiger partial charge >= 0.3 is 11.9 Å². The van der Waals surface area contributed by atoms with E-state index in [-0.39, 0.29) is 35.7 Å². The SMILES string of the molecule is CC(C)C(=O)O.CC(C)C(=O)O.CCNCCc1ccc2cc(O)c(O)cc2c1.Cl. The van der Waals surface area contributed by atoms with Crippen molar-refractivity contribution in [2.24, 2.45) is 11.8 Å². The Balaban J connectivity index is 0. The molecule has 0 aromatic heterocycles. The minimum Gasteiger partial charge on any atom is -0.504 e. The number of hydrogen-bond acceptors (Lipinski definition) is 5. The van der Waals surface area contributed by atoms with Crippen LogP contribution in [0.2, 0.25) is 0 Å². The lowest BCUT2D eigenvalue weighted by Gasteiger charge is -2.06. The maximum atomic E-state index is 9.70. The van der Waals surface area contributed by atoms with Crippen LogP contribution in [-0.4, -0.2) is 45.5 Å². The van der Waals surface area contributed by atoms with Crippen molar-refractivity contribution in [3.05, 3.63) is 35.9 Å². The van der Waals surface area contributed by atoms with Gasteiger partial charge in [0, 0.05) is 0 Å². The molecular formula is C22H34ClNO6. The molecule has 0 radical (unpaired) electrons. The highest BCUT2D eigenvalue weighted by Gasteiger charge is 2.03. The second kappa shape index (κ2) is 15.3. The maximum Gasteiger partial charge on any atom is 0.305 e. The minimum absolute atomic E-state index is 0. The first-order valence-corrected chi connectivity index (χ1v) is 9.60. The fourth-order valence-electron chi connectivity index (χ4n) is 1.89. The number of carbonyl (C=O) groups is 2. The molecule has 2 aromatic carbocycles.